The van der Waals surface area contributed by atoms with Gasteiger partial charge in [-0.1, -0.05) is 37.3 Å². The molecule has 0 saturated heterocycles. The molecule has 2 atom stereocenters. The van der Waals surface area contributed by atoms with Gasteiger partial charge in [0.05, 0.1) is 6.61 Å². The Morgan fingerprint density at radius 3 is 2.65 bits per heavy atom. The summed E-state index contributed by atoms with van der Waals surface area (Å²) in [5, 5.41) is 0. The molecule has 1 aromatic carbocycles. The predicted molar refractivity (Wildman–Crippen MR) is 75.0 cm³/mol. The molecule has 0 radical (unpaired) electrons. The third-order valence-electron chi connectivity index (χ3n) is 2.23. The van der Waals surface area contributed by atoms with Crippen LogP contribution in [0.2, 0.25) is 0 Å². The number of hydrogen-bond acceptors (Lipinski definition) is 6. The molecule has 0 spiro atoms. The molecule has 112 valence electrons. The van der Waals surface area contributed by atoms with Gasteiger partial charge >= 0.3 is 12.9 Å². The summed E-state index contributed by atoms with van der Waals surface area (Å²) < 4.78 is 20.5. The molecule has 2 N–H and O–H groups in total. The van der Waals surface area contributed by atoms with Gasteiger partial charge in [-0.3, -0.25) is 0 Å². The van der Waals surface area contributed by atoms with Gasteiger partial charge in [0.2, 0.25) is 0 Å². The average Bonchev–Trinajstić information content (AvgIpc) is 2.39. The van der Waals surface area contributed by atoms with E-state index in [0.29, 0.717) is 6.42 Å². The summed E-state index contributed by atoms with van der Waals surface area (Å²) in [7, 11) is 0. The number of carbonyl (C=O) groups excluding carboxylic acids is 1. The molecule has 20 heavy (non-hydrogen) atoms. The smallest absolute Gasteiger partial charge is 0.378 e. The first-order valence-electron chi connectivity index (χ1n) is 6.08. The van der Waals surface area contributed by atoms with Crippen molar-refractivity contribution in [2.24, 2.45) is 5.73 Å². The molecule has 0 aromatic heterocycles. The molecule has 0 bridgehead atoms. The highest BCUT2D eigenvalue weighted by atomic mass is 35.7. The zero-order chi connectivity index (χ0) is 15.0. The van der Waals surface area contributed by atoms with E-state index in [9.17, 15) is 9.36 Å². The van der Waals surface area contributed by atoms with Gasteiger partial charge in [-0.15, -0.1) is 4.67 Å². The third-order valence-corrected chi connectivity index (χ3v) is 3.29. The average molecular weight is 322 g/mol. The summed E-state index contributed by atoms with van der Waals surface area (Å²) in [5.74, 6) is -0.910. The Kier molecular flexibility index (Phi) is 7.19. The van der Waals surface area contributed by atoms with E-state index in [4.69, 9.17) is 17.0 Å². The molecule has 1 unspecified atom stereocenters. The molecule has 0 fully saturated rings. The molecular weight excluding hydrogens is 305 g/mol. The zero-order valence-corrected chi connectivity index (χ0v) is 12.7. The van der Waals surface area contributed by atoms with E-state index in [0.717, 1.165) is 5.56 Å². The summed E-state index contributed by atoms with van der Waals surface area (Å²) in [4.78, 5) is 16.2. The van der Waals surface area contributed by atoms with Gasteiger partial charge in [-0.25, -0.2) is 14.2 Å². The van der Waals surface area contributed by atoms with Crippen LogP contribution in [0.25, 0.3) is 0 Å². The molecular formula is C12H17ClNO5P. The van der Waals surface area contributed by atoms with E-state index in [2.05, 4.69) is 14.1 Å². The van der Waals surface area contributed by atoms with Gasteiger partial charge < -0.3 is 10.3 Å². The Hall–Kier alpha value is -0.910. The first-order valence-corrected chi connectivity index (χ1v) is 8.53. The SMILES string of the molecule is CCCOOP(=O)(Cl)OC(=O)[C@@H](N)Cc1ccccc1. The minimum Gasteiger partial charge on any atom is -0.378 e. The molecule has 1 aromatic rings. The first-order chi connectivity index (χ1) is 9.44. The van der Waals surface area contributed by atoms with Crippen LogP contribution in [0, 0.1) is 0 Å². The van der Waals surface area contributed by atoms with Crippen LogP contribution in [0.5, 0.6) is 0 Å². The Bertz CT molecular complexity index is 470. The maximum atomic E-state index is 11.7. The lowest BCUT2D eigenvalue weighted by atomic mass is 10.1. The van der Waals surface area contributed by atoms with E-state index in [1.54, 1.807) is 0 Å². The fraction of sp³-hybridized carbons (Fsp3) is 0.417. The summed E-state index contributed by atoms with van der Waals surface area (Å²) in [5.41, 5.74) is 6.51. The molecule has 1 rings (SSSR count). The predicted octanol–water partition coefficient (Wildman–Crippen LogP) is 2.80. The first kappa shape index (κ1) is 17.1. The highest BCUT2D eigenvalue weighted by molar-refractivity contribution is 7.81. The van der Waals surface area contributed by atoms with Crippen LogP contribution >= 0.6 is 18.2 Å². The van der Waals surface area contributed by atoms with Gasteiger partial charge in [0.1, 0.15) is 6.04 Å². The summed E-state index contributed by atoms with van der Waals surface area (Å²) in [6, 6.07) is 8.13. The van der Waals surface area contributed by atoms with Crippen LogP contribution in [-0.2, 0) is 29.9 Å². The fourth-order valence-corrected chi connectivity index (χ4v) is 2.23. The standard InChI is InChI=1S/C12H17ClNO5P/c1-2-8-17-19-20(13,16)18-12(15)11(14)9-10-6-4-3-5-7-10/h3-7,11H,2,8-9,14H2,1H3/t11-,20?/m0/s1. The van der Waals surface area contributed by atoms with Gasteiger partial charge in [0.15, 0.2) is 0 Å². The van der Waals surface area contributed by atoms with Crippen molar-refractivity contribution in [2.75, 3.05) is 6.61 Å². The number of hydrogen-bond donors (Lipinski definition) is 1. The van der Waals surface area contributed by atoms with Crippen molar-refractivity contribution < 1.29 is 23.4 Å². The Morgan fingerprint density at radius 1 is 1.40 bits per heavy atom. The highest BCUT2D eigenvalue weighted by Crippen LogP contribution is 2.54. The number of halogens is 1. The van der Waals surface area contributed by atoms with Gasteiger partial charge in [0.25, 0.3) is 0 Å². The van der Waals surface area contributed by atoms with Crippen molar-refractivity contribution in [3.63, 3.8) is 0 Å². The Labute approximate surface area is 122 Å². The number of benzene rings is 1. The number of carbonyl (C=O) groups is 1. The maximum absolute atomic E-state index is 11.7. The monoisotopic (exact) mass is 321 g/mol. The van der Waals surface area contributed by atoms with Crippen molar-refractivity contribution in [3.05, 3.63) is 35.9 Å². The van der Waals surface area contributed by atoms with Gasteiger partial charge in [-0.2, -0.15) is 0 Å². The summed E-state index contributed by atoms with van der Waals surface area (Å²) >= 11 is 5.42. The van der Waals surface area contributed by atoms with Crippen LogP contribution in [0.4, 0.5) is 0 Å². The molecule has 0 amide bonds. The van der Waals surface area contributed by atoms with Crippen molar-refractivity contribution in [1.82, 2.24) is 0 Å². The number of nitrogens with two attached hydrogens (primary N) is 1. The van der Waals surface area contributed by atoms with Crippen molar-refractivity contribution in [3.8, 4) is 0 Å². The largest absolute Gasteiger partial charge is 0.505 e. The number of rotatable bonds is 8. The van der Waals surface area contributed by atoms with Gasteiger partial charge in [0, 0.05) is 11.2 Å². The van der Waals surface area contributed by atoms with E-state index < -0.39 is 19.0 Å². The lowest BCUT2D eigenvalue weighted by Crippen LogP contribution is -2.33. The fourth-order valence-electron chi connectivity index (χ4n) is 1.33. The highest BCUT2D eigenvalue weighted by Gasteiger charge is 2.30. The minimum absolute atomic E-state index is 0.185. The van der Waals surface area contributed by atoms with Crippen LogP contribution in [-0.4, -0.2) is 18.6 Å². The van der Waals surface area contributed by atoms with Crippen LogP contribution in [0.1, 0.15) is 18.9 Å². The molecule has 6 nitrogen and oxygen atoms in total. The Morgan fingerprint density at radius 2 is 2.05 bits per heavy atom. The van der Waals surface area contributed by atoms with Crippen LogP contribution in [0.3, 0.4) is 0 Å². The van der Waals surface area contributed by atoms with Crippen LogP contribution in [0.15, 0.2) is 30.3 Å². The second-order valence-electron chi connectivity index (χ2n) is 4.03. The van der Waals surface area contributed by atoms with E-state index in [-0.39, 0.29) is 13.0 Å². The van der Waals surface area contributed by atoms with Crippen molar-refractivity contribution in [2.45, 2.75) is 25.8 Å². The van der Waals surface area contributed by atoms with Gasteiger partial charge in [-0.05, 0) is 18.4 Å². The molecule has 0 saturated carbocycles. The Balaban J connectivity index is 2.46. The zero-order valence-electron chi connectivity index (χ0n) is 11.0. The minimum atomic E-state index is -4.12. The second kappa shape index (κ2) is 8.39. The van der Waals surface area contributed by atoms with E-state index in [1.165, 1.54) is 0 Å². The lowest BCUT2D eigenvalue weighted by Gasteiger charge is -2.14. The summed E-state index contributed by atoms with van der Waals surface area (Å²) in [6.07, 6.45) is 0.880. The van der Waals surface area contributed by atoms with Crippen molar-refractivity contribution in [1.29, 1.82) is 0 Å². The topological polar surface area (TPSA) is 87.9 Å². The summed E-state index contributed by atoms with van der Waals surface area (Å²) in [6.45, 7) is -2.11. The lowest BCUT2D eigenvalue weighted by molar-refractivity contribution is -0.211. The second-order valence-corrected chi connectivity index (χ2v) is 6.47. The molecule has 8 heteroatoms. The molecule has 0 aliphatic heterocycles. The molecule has 0 aliphatic rings. The third kappa shape index (κ3) is 6.50. The van der Waals surface area contributed by atoms with Crippen molar-refractivity contribution >= 4 is 24.2 Å². The molecule has 0 aliphatic carbocycles. The molecule has 0 heterocycles. The maximum Gasteiger partial charge on any atom is 0.505 e. The normalized spacial score (nSPS) is 15.3. The quantitative estimate of drug-likeness (QED) is 0.343. The van der Waals surface area contributed by atoms with Crippen LogP contribution < -0.4 is 5.73 Å². The van der Waals surface area contributed by atoms with E-state index in [1.807, 2.05) is 37.3 Å². The van der Waals surface area contributed by atoms with E-state index >= 15 is 0 Å².